The molecule has 0 aliphatic heterocycles. The van der Waals surface area contributed by atoms with Crippen molar-refractivity contribution in [1.82, 2.24) is 0 Å². The normalized spacial score (nSPS) is 11.9. The highest BCUT2D eigenvalue weighted by Crippen LogP contribution is 2.14. The van der Waals surface area contributed by atoms with Crippen molar-refractivity contribution in [1.29, 1.82) is 0 Å². The first-order chi connectivity index (χ1) is 6.50. The summed E-state index contributed by atoms with van der Waals surface area (Å²) in [7, 11) is 0. The number of nitrogens with zero attached hydrogens (tertiary/aromatic N) is 1. The largest absolute Gasteiger partial charge is 0.463 e. The van der Waals surface area contributed by atoms with Crippen LogP contribution in [-0.2, 0) is 9.63 Å². The molecule has 0 saturated carbocycles. The van der Waals surface area contributed by atoms with Gasteiger partial charge in [0.15, 0.2) is 0 Å². The SMILES string of the molecule is CC(C)(C)C(=O)O/N=C/c1ccco1. The Morgan fingerprint density at radius 2 is 2.29 bits per heavy atom. The maximum atomic E-state index is 11.2. The Hall–Kier alpha value is -1.58. The molecule has 4 nitrogen and oxygen atoms in total. The number of rotatable bonds is 2. The van der Waals surface area contributed by atoms with Gasteiger partial charge in [0.05, 0.1) is 11.7 Å². The molecule has 14 heavy (non-hydrogen) atoms. The van der Waals surface area contributed by atoms with Gasteiger partial charge in [-0.05, 0) is 32.9 Å². The predicted octanol–water partition coefficient (Wildman–Crippen LogP) is 2.20. The first-order valence-electron chi connectivity index (χ1n) is 4.28. The summed E-state index contributed by atoms with van der Waals surface area (Å²) in [6.45, 7) is 5.28. The third-order valence-electron chi connectivity index (χ3n) is 1.47. The standard InChI is InChI=1S/C10H13NO3/c1-10(2,3)9(12)14-11-7-8-5-4-6-13-8/h4-7H,1-3H3/b11-7+. The van der Waals surface area contributed by atoms with Crippen molar-refractivity contribution in [3.8, 4) is 0 Å². The van der Waals surface area contributed by atoms with E-state index in [1.807, 2.05) is 0 Å². The molecule has 0 aromatic carbocycles. The van der Waals surface area contributed by atoms with Crippen LogP contribution in [0.4, 0.5) is 0 Å². The van der Waals surface area contributed by atoms with Gasteiger partial charge in [-0.15, -0.1) is 0 Å². The Morgan fingerprint density at radius 3 is 2.79 bits per heavy atom. The minimum atomic E-state index is -0.541. The zero-order valence-corrected chi connectivity index (χ0v) is 8.48. The molecule has 0 atom stereocenters. The van der Waals surface area contributed by atoms with Gasteiger partial charge in [0.1, 0.15) is 12.0 Å². The van der Waals surface area contributed by atoms with Crippen LogP contribution in [0, 0.1) is 5.41 Å². The van der Waals surface area contributed by atoms with Gasteiger partial charge in [0.25, 0.3) is 0 Å². The third-order valence-corrected chi connectivity index (χ3v) is 1.47. The highest BCUT2D eigenvalue weighted by Gasteiger charge is 2.23. The fourth-order valence-electron chi connectivity index (χ4n) is 0.628. The van der Waals surface area contributed by atoms with E-state index in [4.69, 9.17) is 4.42 Å². The van der Waals surface area contributed by atoms with E-state index < -0.39 is 5.41 Å². The third kappa shape index (κ3) is 3.05. The fraction of sp³-hybridized carbons (Fsp3) is 0.400. The van der Waals surface area contributed by atoms with Gasteiger partial charge >= 0.3 is 5.97 Å². The lowest BCUT2D eigenvalue weighted by Gasteiger charge is -2.12. The quantitative estimate of drug-likeness (QED) is 0.413. The summed E-state index contributed by atoms with van der Waals surface area (Å²) in [5.41, 5.74) is -0.541. The second-order valence-corrected chi connectivity index (χ2v) is 3.88. The lowest BCUT2D eigenvalue weighted by Crippen LogP contribution is -2.20. The molecule has 76 valence electrons. The smallest absolute Gasteiger partial charge is 0.340 e. The summed E-state index contributed by atoms with van der Waals surface area (Å²) in [6.07, 6.45) is 2.87. The molecule has 1 aromatic rings. The van der Waals surface area contributed by atoms with Gasteiger partial charge in [-0.3, -0.25) is 0 Å². The van der Waals surface area contributed by atoms with E-state index in [0.29, 0.717) is 5.76 Å². The molecule has 0 radical (unpaired) electrons. The fourth-order valence-corrected chi connectivity index (χ4v) is 0.628. The van der Waals surface area contributed by atoms with Gasteiger partial charge < -0.3 is 9.25 Å². The predicted molar refractivity (Wildman–Crippen MR) is 51.8 cm³/mol. The lowest BCUT2D eigenvalue weighted by molar-refractivity contribution is -0.152. The molecule has 0 amide bonds. The summed E-state index contributed by atoms with van der Waals surface area (Å²) < 4.78 is 4.96. The maximum absolute atomic E-state index is 11.2. The zero-order chi connectivity index (χ0) is 10.6. The summed E-state index contributed by atoms with van der Waals surface area (Å²) >= 11 is 0. The maximum Gasteiger partial charge on any atom is 0.340 e. The monoisotopic (exact) mass is 195 g/mol. The van der Waals surface area contributed by atoms with Crippen LogP contribution >= 0.6 is 0 Å². The molecule has 4 heteroatoms. The number of furan rings is 1. The number of hydrogen-bond donors (Lipinski definition) is 0. The summed E-state index contributed by atoms with van der Waals surface area (Å²) in [5, 5.41) is 3.51. The van der Waals surface area contributed by atoms with Crippen LogP contribution in [0.3, 0.4) is 0 Å². The van der Waals surface area contributed by atoms with E-state index in [9.17, 15) is 4.79 Å². The van der Waals surface area contributed by atoms with E-state index in [2.05, 4.69) is 9.99 Å². The molecule has 1 heterocycles. The molecule has 1 aromatic heterocycles. The molecule has 1 rings (SSSR count). The van der Waals surface area contributed by atoms with Gasteiger partial charge in [0.2, 0.25) is 0 Å². The van der Waals surface area contributed by atoms with Crippen molar-refractivity contribution in [2.45, 2.75) is 20.8 Å². The van der Waals surface area contributed by atoms with Crippen LogP contribution in [0.2, 0.25) is 0 Å². The Balaban J connectivity index is 2.45. The number of hydrogen-bond acceptors (Lipinski definition) is 4. The molecule has 0 bridgehead atoms. The van der Waals surface area contributed by atoms with Gasteiger partial charge in [0, 0.05) is 0 Å². The Bertz CT molecular complexity index is 320. The molecule has 0 saturated heterocycles. The van der Waals surface area contributed by atoms with Crippen LogP contribution < -0.4 is 0 Å². The molecule has 0 aliphatic carbocycles. The summed E-state index contributed by atoms with van der Waals surface area (Å²) in [6, 6.07) is 3.45. The van der Waals surface area contributed by atoms with Gasteiger partial charge in [-0.2, -0.15) is 0 Å². The Morgan fingerprint density at radius 1 is 1.57 bits per heavy atom. The number of oxime groups is 1. The van der Waals surface area contributed by atoms with Crippen molar-refractivity contribution in [2.75, 3.05) is 0 Å². The van der Waals surface area contributed by atoms with Crippen LogP contribution in [0.5, 0.6) is 0 Å². The lowest BCUT2D eigenvalue weighted by atomic mass is 9.98. The molecule has 0 aliphatic rings. The van der Waals surface area contributed by atoms with Gasteiger partial charge in [-0.25, -0.2) is 4.79 Å². The van der Waals surface area contributed by atoms with Crippen molar-refractivity contribution >= 4 is 12.2 Å². The van der Waals surface area contributed by atoms with Crippen LogP contribution in [0.15, 0.2) is 28.0 Å². The molecule has 0 fully saturated rings. The van der Waals surface area contributed by atoms with Crippen molar-refractivity contribution < 1.29 is 14.0 Å². The second kappa shape index (κ2) is 4.09. The van der Waals surface area contributed by atoms with Crippen molar-refractivity contribution in [2.24, 2.45) is 10.6 Å². The average molecular weight is 195 g/mol. The van der Waals surface area contributed by atoms with Crippen molar-refractivity contribution in [3.05, 3.63) is 24.2 Å². The van der Waals surface area contributed by atoms with E-state index >= 15 is 0 Å². The van der Waals surface area contributed by atoms with E-state index in [1.54, 1.807) is 32.9 Å². The average Bonchev–Trinajstić information content (AvgIpc) is 2.55. The highest BCUT2D eigenvalue weighted by molar-refractivity contribution is 5.78. The first-order valence-corrected chi connectivity index (χ1v) is 4.28. The van der Waals surface area contributed by atoms with E-state index in [-0.39, 0.29) is 5.97 Å². The van der Waals surface area contributed by atoms with Crippen molar-refractivity contribution in [3.63, 3.8) is 0 Å². The van der Waals surface area contributed by atoms with Gasteiger partial charge in [-0.1, -0.05) is 5.16 Å². The van der Waals surface area contributed by atoms with Crippen LogP contribution in [-0.4, -0.2) is 12.2 Å². The van der Waals surface area contributed by atoms with E-state index in [1.165, 1.54) is 12.5 Å². The van der Waals surface area contributed by atoms with E-state index in [0.717, 1.165) is 0 Å². The second-order valence-electron chi connectivity index (χ2n) is 3.88. The topological polar surface area (TPSA) is 51.8 Å². The summed E-state index contributed by atoms with van der Waals surface area (Å²) in [5.74, 6) is 0.173. The molecule has 0 spiro atoms. The molecule has 0 unspecified atom stereocenters. The highest BCUT2D eigenvalue weighted by atomic mass is 16.7. The number of carbonyl (C=O) groups is 1. The Kier molecular flexibility index (Phi) is 3.06. The minimum absolute atomic E-state index is 0.375. The minimum Gasteiger partial charge on any atom is -0.463 e. The molecular formula is C10H13NO3. The summed E-state index contributed by atoms with van der Waals surface area (Å²) in [4.78, 5) is 15.9. The molecule has 0 N–H and O–H groups in total. The van der Waals surface area contributed by atoms with Crippen LogP contribution in [0.25, 0.3) is 0 Å². The number of carbonyl (C=O) groups excluding carboxylic acids is 1. The Labute approximate surface area is 82.5 Å². The first kappa shape index (κ1) is 10.5. The molecular weight excluding hydrogens is 182 g/mol. The van der Waals surface area contributed by atoms with Crippen LogP contribution in [0.1, 0.15) is 26.5 Å². The zero-order valence-electron chi connectivity index (χ0n) is 8.48.